The van der Waals surface area contributed by atoms with E-state index in [-0.39, 0.29) is 6.29 Å². The Bertz CT molecular complexity index is 384. The fourth-order valence-corrected chi connectivity index (χ4v) is 2.60. The van der Waals surface area contributed by atoms with Crippen LogP contribution in [0.25, 0.3) is 0 Å². The van der Waals surface area contributed by atoms with Crippen LogP contribution in [0.3, 0.4) is 0 Å². The summed E-state index contributed by atoms with van der Waals surface area (Å²) in [6.45, 7) is 0. The van der Waals surface area contributed by atoms with Crippen molar-refractivity contribution in [3.63, 3.8) is 0 Å². The van der Waals surface area contributed by atoms with Crippen molar-refractivity contribution < 1.29 is 9.47 Å². The Morgan fingerprint density at radius 2 is 2.08 bits per heavy atom. The zero-order chi connectivity index (χ0) is 8.67. The smallest absolute Gasteiger partial charge is 0.278 e. The lowest BCUT2D eigenvalue weighted by Crippen LogP contribution is -2.05. The third kappa shape index (κ3) is 1.14. The second-order valence-electron chi connectivity index (χ2n) is 2.66. The third-order valence-corrected chi connectivity index (χ3v) is 3.50. The molecule has 66 valence electrons. The van der Waals surface area contributed by atoms with Gasteiger partial charge < -0.3 is 9.47 Å². The molecular weight excluding hydrogens is 204 g/mol. The summed E-state index contributed by atoms with van der Waals surface area (Å²) in [6.07, 6.45) is -0.220. The van der Waals surface area contributed by atoms with Crippen LogP contribution in [0.4, 0.5) is 0 Å². The summed E-state index contributed by atoms with van der Waals surface area (Å²) in [6, 6.07) is 5.96. The van der Waals surface area contributed by atoms with Gasteiger partial charge >= 0.3 is 0 Å². The molecule has 0 saturated heterocycles. The highest BCUT2D eigenvalue weighted by molar-refractivity contribution is 7.12. The van der Waals surface area contributed by atoms with E-state index in [4.69, 9.17) is 9.47 Å². The van der Waals surface area contributed by atoms with Gasteiger partial charge in [0.2, 0.25) is 5.06 Å². The minimum Gasteiger partial charge on any atom is -0.445 e. The Hall–Kier alpha value is -1.00. The van der Waals surface area contributed by atoms with E-state index in [0.717, 1.165) is 15.7 Å². The lowest BCUT2D eigenvalue weighted by atomic mass is 10.5. The van der Waals surface area contributed by atoms with Gasteiger partial charge in [0.25, 0.3) is 6.29 Å². The number of ether oxygens (including phenoxy) is 2. The summed E-state index contributed by atoms with van der Waals surface area (Å²) in [5, 5.41) is 4.88. The first-order chi connectivity index (χ1) is 6.43. The second kappa shape index (κ2) is 2.75. The predicted octanol–water partition coefficient (Wildman–Crippen LogP) is 3.28. The van der Waals surface area contributed by atoms with Crippen LogP contribution in [0.5, 0.6) is 10.8 Å². The summed E-state index contributed by atoms with van der Waals surface area (Å²) >= 11 is 3.22. The van der Waals surface area contributed by atoms with Crippen molar-refractivity contribution in [2.45, 2.75) is 6.29 Å². The normalized spacial score (nSPS) is 19.2. The first-order valence-corrected chi connectivity index (χ1v) is 5.63. The quantitative estimate of drug-likeness (QED) is 0.719. The monoisotopic (exact) mass is 210 g/mol. The number of fused-ring (bicyclic) bond motifs is 1. The van der Waals surface area contributed by atoms with Gasteiger partial charge in [-0.15, -0.1) is 22.7 Å². The minimum absolute atomic E-state index is 0.220. The molecule has 2 aromatic heterocycles. The lowest BCUT2D eigenvalue weighted by Gasteiger charge is -2.06. The molecule has 0 radical (unpaired) electrons. The molecule has 13 heavy (non-hydrogen) atoms. The molecule has 0 N–H and O–H groups in total. The summed E-state index contributed by atoms with van der Waals surface area (Å²) in [4.78, 5) is 1.11. The Morgan fingerprint density at radius 3 is 2.85 bits per heavy atom. The van der Waals surface area contributed by atoms with Gasteiger partial charge in [-0.25, -0.2) is 0 Å². The zero-order valence-electron chi connectivity index (χ0n) is 6.60. The van der Waals surface area contributed by atoms with Gasteiger partial charge in [0, 0.05) is 0 Å². The molecule has 2 aromatic rings. The largest absolute Gasteiger partial charge is 0.445 e. The minimum atomic E-state index is -0.220. The molecule has 4 heteroatoms. The highest BCUT2D eigenvalue weighted by Gasteiger charge is 2.27. The molecule has 0 saturated carbocycles. The molecule has 2 nitrogen and oxygen atoms in total. The van der Waals surface area contributed by atoms with Crippen LogP contribution in [0.2, 0.25) is 0 Å². The van der Waals surface area contributed by atoms with Crippen molar-refractivity contribution in [2.24, 2.45) is 0 Å². The van der Waals surface area contributed by atoms with Crippen LogP contribution >= 0.6 is 22.7 Å². The molecule has 0 bridgehead atoms. The van der Waals surface area contributed by atoms with Crippen LogP contribution in [0.1, 0.15) is 11.2 Å². The Balaban J connectivity index is 1.90. The van der Waals surface area contributed by atoms with Gasteiger partial charge in [-0.1, -0.05) is 6.07 Å². The van der Waals surface area contributed by atoms with Gasteiger partial charge in [-0.2, -0.15) is 0 Å². The molecule has 1 aliphatic heterocycles. The van der Waals surface area contributed by atoms with Gasteiger partial charge in [0.1, 0.15) is 0 Å². The molecule has 0 aliphatic carbocycles. The summed E-state index contributed by atoms with van der Waals surface area (Å²) in [7, 11) is 0. The van der Waals surface area contributed by atoms with E-state index in [1.807, 2.05) is 29.0 Å². The maximum Gasteiger partial charge on any atom is 0.278 e. The average molecular weight is 210 g/mol. The summed E-state index contributed by atoms with van der Waals surface area (Å²) in [5.74, 6) is 0.864. The number of hydrogen-bond donors (Lipinski definition) is 0. The molecule has 1 atom stereocenters. The van der Waals surface area contributed by atoms with E-state index in [2.05, 4.69) is 0 Å². The SMILES string of the molecule is c1csc(C2Oc3ccsc3O2)c1. The van der Waals surface area contributed by atoms with Gasteiger partial charge in [-0.05, 0) is 22.9 Å². The maximum absolute atomic E-state index is 5.60. The van der Waals surface area contributed by atoms with Gasteiger partial charge in [0.15, 0.2) is 5.75 Å². The fourth-order valence-electron chi connectivity index (χ4n) is 1.24. The van der Waals surface area contributed by atoms with Crippen LogP contribution in [-0.4, -0.2) is 0 Å². The number of rotatable bonds is 1. The van der Waals surface area contributed by atoms with Crippen molar-refractivity contribution in [2.75, 3.05) is 0 Å². The van der Waals surface area contributed by atoms with Crippen LogP contribution in [0.15, 0.2) is 29.0 Å². The molecule has 0 fully saturated rings. The van der Waals surface area contributed by atoms with Crippen LogP contribution in [0, 0.1) is 0 Å². The first kappa shape index (κ1) is 7.41. The molecule has 1 unspecified atom stereocenters. The van der Waals surface area contributed by atoms with Crippen LogP contribution in [-0.2, 0) is 0 Å². The van der Waals surface area contributed by atoms with Crippen molar-refractivity contribution in [1.82, 2.24) is 0 Å². The molecule has 0 spiro atoms. The van der Waals surface area contributed by atoms with Crippen molar-refractivity contribution >= 4 is 22.7 Å². The number of hydrogen-bond acceptors (Lipinski definition) is 4. The zero-order valence-corrected chi connectivity index (χ0v) is 8.23. The number of thiophene rings is 2. The van der Waals surface area contributed by atoms with E-state index in [1.165, 1.54) is 0 Å². The topological polar surface area (TPSA) is 18.5 Å². The first-order valence-electron chi connectivity index (χ1n) is 3.88. The predicted molar refractivity (Wildman–Crippen MR) is 52.6 cm³/mol. The molecule has 0 amide bonds. The Labute approximate surface area is 83.4 Å². The third-order valence-electron chi connectivity index (χ3n) is 1.82. The van der Waals surface area contributed by atoms with Crippen LogP contribution < -0.4 is 9.47 Å². The van der Waals surface area contributed by atoms with E-state index < -0.39 is 0 Å². The molecule has 1 aliphatic rings. The van der Waals surface area contributed by atoms with Crippen molar-refractivity contribution in [3.8, 4) is 10.8 Å². The van der Waals surface area contributed by atoms with Gasteiger partial charge in [0.05, 0.1) is 4.88 Å². The molecule has 3 heterocycles. The van der Waals surface area contributed by atoms with Crippen molar-refractivity contribution in [3.05, 3.63) is 33.8 Å². The molecule has 3 rings (SSSR count). The van der Waals surface area contributed by atoms with E-state index in [0.29, 0.717) is 0 Å². The second-order valence-corrected chi connectivity index (χ2v) is 4.51. The molecular formula is C9H6O2S2. The maximum atomic E-state index is 5.60. The van der Waals surface area contributed by atoms with E-state index in [1.54, 1.807) is 22.7 Å². The van der Waals surface area contributed by atoms with E-state index >= 15 is 0 Å². The van der Waals surface area contributed by atoms with Gasteiger partial charge in [-0.3, -0.25) is 0 Å². The molecule has 0 aromatic carbocycles. The van der Waals surface area contributed by atoms with Crippen molar-refractivity contribution in [1.29, 1.82) is 0 Å². The lowest BCUT2D eigenvalue weighted by molar-refractivity contribution is 0.0536. The highest BCUT2D eigenvalue weighted by Crippen LogP contribution is 2.45. The van der Waals surface area contributed by atoms with E-state index in [9.17, 15) is 0 Å². The highest BCUT2D eigenvalue weighted by atomic mass is 32.1. The fraction of sp³-hybridized carbons (Fsp3) is 0.111. The average Bonchev–Trinajstić information content (AvgIpc) is 2.78. The standard InChI is InChI=1S/C9H6O2S2/c1-2-7(12-4-1)8-10-6-3-5-13-9(6)11-8/h1-5,8H. The summed E-state index contributed by atoms with van der Waals surface area (Å²) < 4.78 is 11.2. The summed E-state index contributed by atoms with van der Waals surface area (Å²) in [5.41, 5.74) is 0. The Kier molecular flexibility index (Phi) is 1.57. The Morgan fingerprint density at radius 1 is 1.08 bits per heavy atom.